The molecule has 0 saturated carbocycles. The van der Waals surface area contributed by atoms with Gasteiger partial charge in [0.25, 0.3) is 0 Å². The molecule has 72 valence electrons. The first-order chi connectivity index (χ1) is 6.66. The van der Waals surface area contributed by atoms with E-state index < -0.39 is 0 Å². The minimum absolute atomic E-state index is 0.0127. The van der Waals surface area contributed by atoms with Gasteiger partial charge in [0.2, 0.25) is 0 Å². The Balaban J connectivity index is 2.93. The molecule has 0 radical (unpaired) electrons. The molecule has 0 atom stereocenters. The molecule has 0 unspecified atom stereocenters. The van der Waals surface area contributed by atoms with Crippen LogP contribution in [-0.4, -0.2) is 5.78 Å². The Kier molecular flexibility index (Phi) is 3.41. The van der Waals surface area contributed by atoms with Gasteiger partial charge in [-0.15, -0.1) is 0 Å². The van der Waals surface area contributed by atoms with Gasteiger partial charge in [-0.25, -0.2) is 0 Å². The third-order valence-electron chi connectivity index (χ3n) is 2.19. The first-order valence-electron chi connectivity index (χ1n) is 4.58. The largest absolute Gasteiger partial charge is 0.289 e. The van der Waals surface area contributed by atoms with Crippen LogP contribution in [0.1, 0.15) is 19.4 Å². The van der Waals surface area contributed by atoms with Crippen LogP contribution in [0.4, 0.5) is 0 Å². The van der Waals surface area contributed by atoms with Gasteiger partial charge in [-0.3, -0.25) is 4.79 Å². The van der Waals surface area contributed by atoms with Gasteiger partial charge in [0, 0.05) is 5.57 Å². The second-order valence-electron chi connectivity index (χ2n) is 3.15. The van der Waals surface area contributed by atoms with Gasteiger partial charge < -0.3 is 0 Å². The number of carbonyl (C=O) groups is 1. The summed E-state index contributed by atoms with van der Waals surface area (Å²) in [6.45, 7) is 7.46. The van der Waals surface area contributed by atoms with Gasteiger partial charge in [-0.1, -0.05) is 43.0 Å². The van der Waals surface area contributed by atoms with E-state index in [2.05, 4.69) is 6.58 Å². The lowest BCUT2D eigenvalue weighted by atomic mass is 9.99. The fraction of sp³-hybridized carbons (Fsp3) is 0.154. The molecule has 0 aliphatic rings. The van der Waals surface area contributed by atoms with Crippen molar-refractivity contribution in [3.05, 3.63) is 54.1 Å². The molecule has 0 bridgehead atoms. The quantitative estimate of drug-likeness (QED) is 0.662. The Morgan fingerprint density at radius 2 is 1.86 bits per heavy atom. The molecule has 1 rings (SSSR count). The number of hydrogen-bond acceptors (Lipinski definition) is 1. The van der Waals surface area contributed by atoms with E-state index in [1.165, 1.54) is 0 Å². The van der Waals surface area contributed by atoms with E-state index in [-0.39, 0.29) is 5.78 Å². The number of benzene rings is 1. The lowest BCUT2D eigenvalue weighted by molar-refractivity contribution is -0.110. The number of hydrogen-bond donors (Lipinski definition) is 0. The van der Waals surface area contributed by atoms with E-state index in [1.807, 2.05) is 37.3 Å². The summed E-state index contributed by atoms with van der Waals surface area (Å²) < 4.78 is 0. The fourth-order valence-corrected chi connectivity index (χ4v) is 1.14. The van der Waals surface area contributed by atoms with Gasteiger partial charge in [0.1, 0.15) is 0 Å². The third-order valence-corrected chi connectivity index (χ3v) is 2.19. The summed E-state index contributed by atoms with van der Waals surface area (Å²) in [5.41, 5.74) is 2.18. The zero-order valence-electron chi connectivity index (χ0n) is 8.58. The second kappa shape index (κ2) is 4.56. The van der Waals surface area contributed by atoms with Crippen LogP contribution in [-0.2, 0) is 4.79 Å². The maximum atomic E-state index is 11.7. The average molecular weight is 186 g/mol. The van der Waals surface area contributed by atoms with E-state index in [4.69, 9.17) is 0 Å². The van der Waals surface area contributed by atoms with E-state index in [0.717, 1.165) is 11.1 Å². The van der Waals surface area contributed by atoms with Crippen molar-refractivity contribution in [1.82, 2.24) is 0 Å². The van der Waals surface area contributed by atoms with Gasteiger partial charge >= 0.3 is 0 Å². The van der Waals surface area contributed by atoms with Crippen molar-refractivity contribution in [2.75, 3.05) is 0 Å². The van der Waals surface area contributed by atoms with Crippen molar-refractivity contribution in [2.24, 2.45) is 0 Å². The van der Waals surface area contributed by atoms with Gasteiger partial charge in [0.15, 0.2) is 5.78 Å². The molecule has 14 heavy (non-hydrogen) atoms. The average Bonchev–Trinajstić information content (AvgIpc) is 2.27. The third kappa shape index (κ3) is 2.19. The molecule has 1 aromatic carbocycles. The molecule has 0 N–H and O–H groups in total. The first-order valence-corrected chi connectivity index (χ1v) is 4.58. The van der Waals surface area contributed by atoms with Gasteiger partial charge in [-0.05, 0) is 25.0 Å². The number of carbonyl (C=O) groups excluding carboxylic acids is 1. The predicted octanol–water partition coefficient (Wildman–Crippen LogP) is 3.24. The van der Waals surface area contributed by atoms with E-state index in [1.54, 1.807) is 13.0 Å². The highest BCUT2D eigenvalue weighted by Gasteiger charge is 2.09. The highest BCUT2D eigenvalue weighted by molar-refractivity contribution is 6.27. The number of allylic oxidation sites excluding steroid dienone is 3. The lowest BCUT2D eigenvalue weighted by Gasteiger charge is -2.04. The molecular formula is C13H14O. The molecule has 0 saturated heterocycles. The summed E-state index contributed by atoms with van der Waals surface area (Å²) in [7, 11) is 0. The van der Waals surface area contributed by atoms with Crippen molar-refractivity contribution in [3.63, 3.8) is 0 Å². The molecule has 1 aromatic rings. The zero-order valence-corrected chi connectivity index (χ0v) is 8.58. The number of Topliss-reactive ketones (excluding diaryl/α,β-unsaturated/α-hetero) is 1. The molecule has 0 fully saturated rings. The fourth-order valence-electron chi connectivity index (χ4n) is 1.14. The lowest BCUT2D eigenvalue weighted by Crippen LogP contribution is -2.01. The van der Waals surface area contributed by atoms with Crippen LogP contribution in [0.3, 0.4) is 0 Å². The molecule has 0 aliphatic heterocycles. The van der Waals surface area contributed by atoms with Gasteiger partial charge in [-0.2, -0.15) is 0 Å². The van der Waals surface area contributed by atoms with Crippen molar-refractivity contribution in [3.8, 4) is 0 Å². The minimum atomic E-state index is 0.0127. The summed E-state index contributed by atoms with van der Waals surface area (Å²) >= 11 is 0. The van der Waals surface area contributed by atoms with Gasteiger partial charge in [0.05, 0.1) is 0 Å². The Morgan fingerprint density at radius 3 is 2.36 bits per heavy atom. The van der Waals surface area contributed by atoms with Crippen LogP contribution < -0.4 is 0 Å². The van der Waals surface area contributed by atoms with Crippen LogP contribution >= 0.6 is 0 Å². The number of rotatable bonds is 3. The van der Waals surface area contributed by atoms with E-state index >= 15 is 0 Å². The first kappa shape index (κ1) is 10.5. The minimum Gasteiger partial charge on any atom is -0.289 e. The highest BCUT2D eigenvalue weighted by Crippen LogP contribution is 2.16. The van der Waals surface area contributed by atoms with Crippen molar-refractivity contribution in [1.29, 1.82) is 0 Å². The normalized spacial score (nSPS) is 11.1. The Bertz CT molecular complexity index is 371. The summed E-state index contributed by atoms with van der Waals surface area (Å²) in [5.74, 6) is 0.0127. The Morgan fingerprint density at radius 1 is 1.29 bits per heavy atom. The Labute approximate surface area is 84.8 Å². The summed E-state index contributed by atoms with van der Waals surface area (Å²) in [6, 6.07) is 9.51. The molecule has 0 aliphatic carbocycles. The SMILES string of the molecule is C=C(C(=O)/C(C)=C/C)c1ccccc1. The highest BCUT2D eigenvalue weighted by atomic mass is 16.1. The maximum absolute atomic E-state index is 11.7. The molecule has 0 spiro atoms. The molecule has 0 heterocycles. The van der Waals surface area contributed by atoms with Crippen LogP contribution in [0.25, 0.3) is 5.57 Å². The van der Waals surface area contributed by atoms with Crippen molar-refractivity contribution >= 4 is 11.4 Å². The molecule has 1 heteroatoms. The van der Waals surface area contributed by atoms with Crippen LogP contribution in [0.5, 0.6) is 0 Å². The molecule has 0 aromatic heterocycles. The van der Waals surface area contributed by atoms with E-state index in [0.29, 0.717) is 5.57 Å². The maximum Gasteiger partial charge on any atom is 0.188 e. The van der Waals surface area contributed by atoms with Crippen LogP contribution in [0, 0.1) is 0 Å². The predicted molar refractivity (Wildman–Crippen MR) is 59.9 cm³/mol. The zero-order chi connectivity index (χ0) is 10.6. The topological polar surface area (TPSA) is 17.1 Å². The summed E-state index contributed by atoms with van der Waals surface area (Å²) in [5, 5.41) is 0. The van der Waals surface area contributed by atoms with Crippen LogP contribution in [0.15, 0.2) is 48.6 Å². The van der Waals surface area contributed by atoms with Crippen molar-refractivity contribution < 1.29 is 4.79 Å². The standard InChI is InChI=1S/C13H14O/c1-4-10(2)13(14)11(3)12-8-6-5-7-9-12/h4-9H,3H2,1-2H3/b10-4+. The molecular weight excluding hydrogens is 172 g/mol. The second-order valence-corrected chi connectivity index (χ2v) is 3.15. The summed E-state index contributed by atoms with van der Waals surface area (Å²) in [6.07, 6.45) is 1.80. The Hall–Kier alpha value is -1.63. The van der Waals surface area contributed by atoms with E-state index in [9.17, 15) is 4.79 Å². The molecule has 1 nitrogen and oxygen atoms in total. The molecule has 0 amide bonds. The summed E-state index contributed by atoms with van der Waals surface area (Å²) in [4.78, 5) is 11.7. The number of ketones is 1. The smallest absolute Gasteiger partial charge is 0.188 e. The van der Waals surface area contributed by atoms with Crippen LogP contribution in [0.2, 0.25) is 0 Å². The monoisotopic (exact) mass is 186 g/mol. The van der Waals surface area contributed by atoms with Crippen molar-refractivity contribution in [2.45, 2.75) is 13.8 Å².